The number of benzene rings is 1. The Labute approximate surface area is 151 Å². The standard InChI is InChI=1S/C18H21ClN4O2/c1-11(24)21-12-7-8-15(19)14(9-12)18(25)20-10-17-13-5-3-2-4-6-16(13)22-23-17/h7-9H,2-6,10H2,1H3,(H,20,25)(H,21,24)(H,22,23). The molecule has 1 aliphatic carbocycles. The normalized spacial score (nSPS) is 13.7. The van der Waals surface area contributed by atoms with Crippen molar-refractivity contribution in [3.8, 4) is 0 Å². The molecule has 2 aromatic rings. The van der Waals surface area contributed by atoms with Crippen LogP contribution in [0.2, 0.25) is 5.02 Å². The zero-order chi connectivity index (χ0) is 17.8. The number of fused-ring (bicyclic) bond motifs is 1. The number of hydrogen-bond acceptors (Lipinski definition) is 3. The Bertz CT molecular complexity index is 800. The molecule has 0 fully saturated rings. The van der Waals surface area contributed by atoms with Crippen molar-refractivity contribution in [2.75, 3.05) is 5.32 Å². The molecule has 132 valence electrons. The molecule has 2 amide bonds. The first kappa shape index (κ1) is 17.5. The molecule has 1 aromatic heterocycles. The van der Waals surface area contributed by atoms with E-state index in [-0.39, 0.29) is 11.8 Å². The summed E-state index contributed by atoms with van der Waals surface area (Å²) >= 11 is 6.13. The number of nitrogens with one attached hydrogen (secondary N) is 3. The van der Waals surface area contributed by atoms with Crippen LogP contribution < -0.4 is 10.6 Å². The van der Waals surface area contributed by atoms with Gasteiger partial charge in [-0.05, 0) is 49.4 Å². The zero-order valence-corrected chi connectivity index (χ0v) is 14.9. The number of aromatic amines is 1. The van der Waals surface area contributed by atoms with Crippen molar-refractivity contribution >= 4 is 29.1 Å². The predicted octanol–water partition coefficient (Wildman–Crippen LogP) is 3.22. The van der Waals surface area contributed by atoms with Crippen molar-refractivity contribution in [1.82, 2.24) is 15.5 Å². The van der Waals surface area contributed by atoms with E-state index in [2.05, 4.69) is 20.8 Å². The number of aromatic nitrogens is 2. The quantitative estimate of drug-likeness (QED) is 0.731. The third-order valence-electron chi connectivity index (χ3n) is 4.34. The number of nitrogens with zero attached hydrogens (tertiary/aromatic N) is 1. The van der Waals surface area contributed by atoms with Gasteiger partial charge in [-0.2, -0.15) is 5.10 Å². The molecule has 0 spiro atoms. The molecule has 0 radical (unpaired) electrons. The lowest BCUT2D eigenvalue weighted by Gasteiger charge is -2.09. The number of rotatable bonds is 4. The van der Waals surface area contributed by atoms with Crippen LogP contribution in [0.4, 0.5) is 5.69 Å². The van der Waals surface area contributed by atoms with Crippen LogP contribution in [0.25, 0.3) is 0 Å². The summed E-state index contributed by atoms with van der Waals surface area (Å²) in [5, 5.41) is 13.3. The summed E-state index contributed by atoms with van der Waals surface area (Å²) in [7, 11) is 0. The fourth-order valence-electron chi connectivity index (χ4n) is 3.11. The van der Waals surface area contributed by atoms with E-state index >= 15 is 0 Å². The van der Waals surface area contributed by atoms with Crippen molar-refractivity contribution in [2.45, 2.75) is 45.6 Å². The Morgan fingerprint density at radius 3 is 2.84 bits per heavy atom. The molecule has 1 aliphatic rings. The van der Waals surface area contributed by atoms with Crippen molar-refractivity contribution in [1.29, 1.82) is 0 Å². The van der Waals surface area contributed by atoms with Gasteiger partial charge < -0.3 is 10.6 Å². The van der Waals surface area contributed by atoms with Gasteiger partial charge in [-0.25, -0.2) is 0 Å². The maximum atomic E-state index is 12.5. The number of halogens is 1. The van der Waals surface area contributed by atoms with Crippen LogP contribution in [0, 0.1) is 0 Å². The zero-order valence-electron chi connectivity index (χ0n) is 14.1. The highest BCUT2D eigenvalue weighted by Gasteiger charge is 2.17. The van der Waals surface area contributed by atoms with Crippen molar-refractivity contribution in [3.05, 3.63) is 45.7 Å². The topological polar surface area (TPSA) is 86.9 Å². The molecule has 1 aromatic carbocycles. The van der Waals surface area contributed by atoms with Crippen LogP contribution in [-0.2, 0) is 24.2 Å². The van der Waals surface area contributed by atoms with Crippen LogP contribution in [0.1, 0.15) is 53.5 Å². The van der Waals surface area contributed by atoms with E-state index < -0.39 is 0 Å². The number of hydrogen-bond donors (Lipinski definition) is 3. The maximum Gasteiger partial charge on any atom is 0.253 e. The molecule has 3 N–H and O–H groups in total. The smallest absolute Gasteiger partial charge is 0.253 e. The van der Waals surface area contributed by atoms with E-state index in [1.807, 2.05) is 0 Å². The predicted molar refractivity (Wildman–Crippen MR) is 96.8 cm³/mol. The van der Waals surface area contributed by atoms with Gasteiger partial charge in [0.2, 0.25) is 5.91 Å². The lowest BCUT2D eigenvalue weighted by molar-refractivity contribution is -0.114. The monoisotopic (exact) mass is 360 g/mol. The van der Waals surface area contributed by atoms with Gasteiger partial charge in [0, 0.05) is 18.3 Å². The molecule has 0 saturated carbocycles. The molecule has 6 nitrogen and oxygen atoms in total. The number of H-pyrrole nitrogens is 1. The van der Waals surface area contributed by atoms with Gasteiger partial charge in [0.25, 0.3) is 5.91 Å². The van der Waals surface area contributed by atoms with Gasteiger partial charge in [0.05, 0.1) is 22.8 Å². The first-order valence-corrected chi connectivity index (χ1v) is 8.82. The number of carbonyl (C=O) groups is 2. The highest BCUT2D eigenvalue weighted by atomic mass is 35.5. The molecular formula is C18H21ClN4O2. The second-order valence-corrected chi connectivity index (χ2v) is 6.65. The molecule has 0 bridgehead atoms. The van der Waals surface area contributed by atoms with E-state index in [9.17, 15) is 9.59 Å². The SMILES string of the molecule is CC(=O)Nc1ccc(Cl)c(C(=O)NCc2n[nH]c3c2CCCCC3)c1. The van der Waals surface area contributed by atoms with Gasteiger partial charge in [-0.1, -0.05) is 18.0 Å². The Kier molecular flexibility index (Phi) is 5.38. The van der Waals surface area contributed by atoms with E-state index in [4.69, 9.17) is 11.6 Å². The highest BCUT2D eigenvalue weighted by Crippen LogP contribution is 2.23. The first-order chi connectivity index (χ1) is 12.0. The summed E-state index contributed by atoms with van der Waals surface area (Å²) in [6.07, 6.45) is 5.56. The minimum absolute atomic E-state index is 0.201. The highest BCUT2D eigenvalue weighted by molar-refractivity contribution is 6.34. The molecule has 0 unspecified atom stereocenters. The minimum Gasteiger partial charge on any atom is -0.346 e. The fourth-order valence-corrected chi connectivity index (χ4v) is 3.32. The van der Waals surface area contributed by atoms with Crippen molar-refractivity contribution in [3.63, 3.8) is 0 Å². The average Bonchev–Trinajstić information content (AvgIpc) is 2.80. The Morgan fingerprint density at radius 2 is 2.04 bits per heavy atom. The second kappa shape index (κ2) is 7.70. The first-order valence-electron chi connectivity index (χ1n) is 8.45. The van der Waals surface area contributed by atoms with Crippen LogP contribution in [0.15, 0.2) is 18.2 Å². The number of carbonyl (C=O) groups excluding carboxylic acids is 2. The third kappa shape index (κ3) is 4.20. The summed E-state index contributed by atoms with van der Waals surface area (Å²) in [4.78, 5) is 23.7. The van der Waals surface area contributed by atoms with Gasteiger partial charge in [-0.15, -0.1) is 0 Å². The number of amides is 2. The number of anilines is 1. The van der Waals surface area contributed by atoms with Gasteiger partial charge >= 0.3 is 0 Å². The van der Waals surface area contributed by atoms with Crippen molar-refractivity contribution < 1.29 is 9.59 Å². The van der Waals surface area contributed by atoms with Crippen LogP contribution in [0.5, 0.6) is 0 Å². The number of aryl methyl sites for hydroxylation is 1. The molecule has 25 heavy (non-hydrogen) atoms. The van der Waals surface area contributed by atoms with E-state index in [0.717, 1.165) is 25.0 Å². The summed E-state index contributed by atoms with van der Waals surface area (Å²) in [6, 6.07) is 4.83. The maximum absolute atomic E-state index is 12.5. The van der Waals surface area contributed by atoms with E-state index in [1.54, 1.807) is 18.2 Å². The van der Waals surface area contributed by atoms with E-state index in [0.29, 0.717) is 22.8 Å². The molecule has 3 rings (SSSR count). The molecule has 0 saturated heterocycles. The molecule has 0 atom stereocenters. The fraction of sp³-hybridized carbons (Fsp3) is 0.389. The lowest BCUT2D eigenvalue weighted by Crippen LogP contribution is -2.24. The minimum atomic E-state index is -0.289. The van der Waals surface area contributed by atoms with Gasteiger partial charge in [0.15, 0.2) is 0 Å². The van der Waals surface area contributed by atoms with Gasteiger partial charge in [0.1, 0.15) is 0 Å². The Morgan fingerprint density at radius 1 is 1.24 bits per heavy atom. The third-order valence-corrected chi connectivity index (χ3v) is 4.67. The molecule has 0 aliphatic heterocycles. The van der Waals surface area contributed by atoms with Crippen LogP contribution >= 0.6 is 11.6 Å². The summed E-state index contributed by atoms with van der Waals surface area (Å²) in [5.74, 6) is -0.490. The van der Waals surface area contributed by atoms with Crippen LogP contribution in [-0.4, -0.2) is 22.0 Å². The Hall–Kier alpha value is -2.34. The van der Waals surface area contributed by atoms with Gasteiger partial charge in [-0.3, -0.25) is 14.7 Å². The molecular weight excluding hydrogens is 340 g/mol. The summed E-state index contributed by atoms with van der Waals surface area (Å²) in [6.45, 7) is 1.77. The van der Waals surface area contributed by atoms with Crippen molar-refractivity contribution in [2.24, 2.45) is 0 Å². The van der Waals surface area contributed by atoms with Crippen LogP contribution in [0.3, 0.4) is 0 Å². The summed E-state index contributed by atoms with van der Waals surface area (Å²) < 4.78 is 0. The van der Waals surface area contributed by atoms with E-state index in [1.165, 1.54) is 31.0 Å². The molecule has 1 heterocycles. The second-order valence-electron chi connectivity index (χ2n) is 6.25. The lowest BCUT2D eigenvalue weighted by atomic mass is 10.1. The largest absolute Gasteiger partial charge is 0.346 e. The summed E-state index contributed by atoms with van der Waals surface area (Å²) in [5.41, 5.74) is 4.17. The Balaban J connectivity index is 1.71. The average molecular weight is 361 g/mol. The molecule has 7 heteroatoms.